The summed E-state index contributed by atoms with van der Waals surface area (Å²) in [6, 6.07) is 11.6. The van der Waals surface area contributed by atoms with Crippen molar-refractivity contribution in [1.29, 1.82) is 0 Å². The molecule has 0 saturated heterocycles. The van der Waals surface area contributed by atoms with Gasteiger partial charge in [-0.3, -0.25) is 4.79 Å². The fraction of sp³-hybridized carbons (Fsp3) is 0.464. The third-order valence-electron chi connectivity index (χ3n) is 7.57. The standard InChI is InChI=1S/C28H37NO5Si/c1-17(2)35(18(3)4,19(5)6)34-15-20-8-10-22-23(14-29(7)24(22)12-20)27(28(30)31)21-9-11-25-26(13-21)33-16-32-25/h8-14,17-19,27H,15-16H2,1-7H3,(H,30,31). The lowest BCUT2D eigenvalue weighted by atomic mass is 9.90. The second-order valence-corrected chi connectivity index (χ2v) is 16.0. The van der Waals surface area contributed by atoms with E-state index in [2.05, 4.69) is 53.7 Å². The summed E-state index contributed by atoms with van der Waals surface area (Å²) < 4.78 is 19.7. The van der Waals surface area contributed by atoms with Gasteiger partial charge in [0.25, 0.3) is 0 Å². The Hall–Kier alpha value is -2.77. The zero-order valence-electron chi connectivity index (χ0n) is 21.8. The van der Waals surface area contributed by atoms with E-state index in [4.69, 9.17) is 13.9 Å². The van der Waals surface area contributed by atoms with Gasteiger partial charge in [-0.2, -0.15) is 0 Å². The number of hydrogen-bond donors (Lipinski definition) is 1. The summed E-state index contributed by atoms with van der Waals surface area (Å²) >= 11 is 0. The lowest BCUT2D eigenvalue weighted by Gasteiger charge is -2.42. The fourth-order valence-corrected chi connectivity index (χ4v) is 11.5. The lowest BCUT2D eigenvalue weighted by molar-refractivity contribution is -0.137. The van der Waals surface area contributed by atoms with E-state index in [1.165, 1.54) is 0 Å². The highest BCUT2D eigenvalue weighted by atomic mass is 28.4. The van der Waals surface area contributed by atoms with Crippen LogP contribution in [0, 0.1) is 0 Å². The normalized spacial score (nSPS) is 14.5. The summed E-state index contributed by atoms with van der Waals surface area (Å²) in [5, 5.41) is 11.1. The van der Waals surface area contributed by atoms with Gasteiger partial charge < -0.3 is 23.6 Å². The predicted molar refractivity (Wildman–Crippen MR) is 141 cm³/mol. The molecule has 0 saturated carbocycles. The summed E-state index contributed by atoms with van der Waals surface area (Å²) in [4.78, 5) is 12.4. The molecule has 7 heteroatoms. The van der Waals surface area contributed by atoms with Crippen LogP contribution in [0.25, 0.3) is 10.9 Å². The number of carboxylic acids is 1. The van der Waals surface area contributed by atoms with E-state index in [1.807, 2.05) is 23.9 Å². The Bertz CT molecular complexity index is 1210. The molecule has 35 heavy (non-hydrogen) atoms. The van der Waals surface area contributed by atoms with E-state index in [1.54, 1.807) is 18.2 Å². The number of benzene rings is 2. The van der Waals surface area contributed by atoms with Gasteiger partial charge in [-0.1, -0.05) is 59.7 Å². The number of aromatic nitrogens is 1. The summed E-state index contributed by atoms with van der Waals surface area (Å²) in [5.41, 5.74) is 5.10. The molecule has 1 aliphatic rings. The number of aliphatic carboxylic acids is 1. The van der Waals surface area contributed by atoms with Gasteiger partial charge in [-0.15, -0.1) is 0 Å². The molecular formula is C28H37NO5Si. The molecule has 1 aliphatic heterocycles. The maximum absolute atomic E-state index is 12.4. The largest absolute Gasteiger partial charge is 0.481 e. The van der Waals surface area contributed by atoms with Crippen LogP contribution in [-0.4, -0.2) is 30.8 Å². The molecule has 1 aromatic heterocycles. The smallest absolute Gasteiger partial charge is 0.315 e. The number of ether oxygens (including phenoxy) is 2. The van der Waals surface area contributed by atoms with Crippen molar-refractivity contribution in [3.05, 3.63) is 59.3 Å². The molecule has 1 N–H and O–H groups in total. The van der Waals surface area contributed by atoms with Crippen molar-refractivity contribution in [1.82, 2.24) is 4.57 Å². The zero-order valence-corrected chi connectivity index (χ0v) is 22.8. The molecule has 0 spiro atoms. The fourth-order valence-electron chi connectivity index (χ4n) is 6.04. The van der Waals surface area contributed by atoms with Gasteiger partial charge >= 0.3 is 5.97 Å². The van der Waals surface area contributed by atoms with Crippen LogP contribution in [0.3, 0.4) is 0 Å². The first-order chi connectivity index (χ1) is 16.6. The molecule has 2 aromatic carbocycles. The van der Waals surface area contributed by atoms with Crippen LogP contribution in [0.5, 0.6) is 11.5 Å². The third-order valence-corrected chi connectivity index (χ3v) is 13.6. The topological polar surface area (TPSA) is 69.9 Å². The van der Waals surface area contributed by atoms with Crippen molar-refractivity contribution in [3.8, 4) is 11.5 Å². The maximum atomic E-state index is 12.4. The second-order valence-electron chi connectivity index (χ2n) is 10.5. The molecule has 1 unspecified atom stereocenters. The molecule has 0 amide bonds. The number of fused-ring (bicyclic) bond motifs is 2. The number of carbonyl (C=O) groups is 1. The number of rotatable bonds is 9. The Labute approximate surface area is 208 Å². The molecule has 4 rings (SSSR count). The van der Waals surface area contributed by atoms with Crippen molar-refractivity contribution in [2.24, 2.45) is 7.05 Å². The van der Waals surface area contributed by atoms with Gasteiger partial charge in [0.15, 0.2) is 11.5 Å². The minimum atomic E-state index is -1.98. The van der Waals surface area contributed by atoms with Crippen LogP contribution < -0.4 is 9.47 Å². The highest BCUT2D eigenvalue weighted by Crippen LogP contribution is 2.43. The van der Waals surface area contributed by atoms with Crippen LogP contribution in [0.4, 0.5) is 0 Å². The Balaban J connectivity index is 1.68. The number of nitrogens with zero attached hydrogens (tertiary/aromatic N) is 1. The summed E-state index contributed by atoms with van der Waals surface area (Å²) in [7, 11) is -0.0157. The first-order valence-electron chi connectivity index (χ1n) is 12.4. The minimum absolute atomic E-state index is 0.157. The Morgan fingerprint density at radius 3 is 2.29 bits per heavy atom. The molecule has 2 heterocycles. The SMILES string of the molecule is CC(C)[Si](OCc1ccc2c(C(C(=O)O)c3ccc4c(c3)OCO4)cn(C)c2c1)(C(C)C)C(C)C. The average molecular weight is 496 g/mol. The Morgan fingerprint density at radius 1 is 1.00 bits per heavy atom. The van der Waals surface area contributed by atoms with Crippen molar-refractivity contribution < 1.29 is 23.8 Å². The van der Waals surface area contributed by atoms with E-state index in [-0.39, 0.29) is 6.79 Å². The molecule has 0 fully saturated rings. The highest BCUT2D eigenvalue weighted by molar-refractivity contribution is 6.77. The van der Waals surface area contributed by atoms with Crippen LogP contribution in [0.2, 0.25) is 16.6 Å². The predicted octanol–water partition coefficient (Wildman–Crippen LogP) is 6.82. The van der Waals surface area contributed by atoms with Gasteiger partial charge in [0.05, 0.1) is 6.61 Å². The summed E-state index contributed by atoms with van der Waals surface area (Å²) in [5.74, 6) is -0.477. The van der Waals surface area contributed by atoms with Crippen LogP contribution in [0.1, 0.15) is 64.2 Å². The second kappa shape index (κ2) is 9.70. The summed E-state index contributed by atoms with van der Waals surface area (Å²) in [6.45, 7) is 14.5. The Morgan fingerprint density at radius 2 is 1.66 bits per heavy atom. The van der Waals surface area contributed by atoms with Gasteiger partial charge in [-0.05, 0) is 51.5 Å². The van der Waals surface area contributed by atoms with Crippen molar-refractivity contribution in [2.75, 3.05) is 6.79 Å². The lowest BCUT2D eigenvalue weighted by Crippen LogP contribution is -2.47. The number of carboxylic acid groups (broad SMARTS) is 1. The van der Waals surface area contributed by atoms with Crippen LogP contribution >= 0.6 is 0 Å². The van der Waals surface area contributed by atoms with Crippen molar-refractivity contribution in [3.63, 3.8) is 0 Å². The van der Waals surface area contributed by atoms with Crippen LogP contribution in [0.15, 0.2) is 42.6 Å². The third kappa shape index (κ3) is 4.47. The van der Waals surface area contributed by atoms with Crippen molar-refractivity contribution in [2.45, 2.75) is 70.7 Å². The van der Waals surface area contributed by atoms with Gasteiger partial charge in [-0.25, -0.2) is 0 Å². The first-order valence-corrected chi connectivity index (χ1v) is 14.5. The van der Waals surface area contributed by atoms with E-state index < -0.39 is 20.2 Å². The molecule has 188 valence electrons. The molecule has 6 nitrogen and oxygen atoms in total. The minimum Gasteiger partial charge on any atom is -0.481 e. The molecule has 3 aromatic rings. The molecule has 0 radical (unpaired) electrons. The molecular weight excluding hydrogens is 458 g/mol. The molecule has 1 atom stereocenters. The maximum Gasteiger partial charge on any atom is 0.315 e. The average Bonchev–Trinajstić information content (AvgIpc) is 3.37. The number of hydrogen-bond acceptors (Lipinski definition) is 4. The van der Waals surface area contributed by atoms with Gasteiger partial charge in [0.2, 0.25) is 15.1 Å². The van der Waals surface area contributed by atoms with Gasteiger partial charge in [0, 0.05) is 24.1 Å². The van der Waals surface area contributed by atoms with Crippen LogP contribution in [-0.2, 0) is 22.9 Å². The zero-order chi connectivity index (χ0) is 25.5. The molecule has 0 aliphatic carbocycles. The van der Waals surface area contributed by atoms with E-state index >= 15 is 0 Å². The summed E-state index contributed by atoms with van der Waals surface area (Å²) in [6.07, 6.45) is 1.92. The number of aryl methyl sites for hydroxylation is 1. The highest BCUT2D eigenvalue weighted by Gasteiger charge is 2.45. The van der Waals surface area contributed by atoms with E-state index in [0.717, 1.165) is 22.0 Å². The first kappa shape index (κ1) is 25.3. The Kier molecular flexibility index (Phi) is 7.02. The van der Waals surface area contributed by atoms with E-state index in [9.17, 15) is 9.90 Å². The van der Waals surface area contributed by atoms with Gasteiger partial charge in [0.1, 0.15) is 5.92 Å². The monoisotopic (exact) mass is 495 g/mol. The molecule has 0 bridgehead atoms. The quantitative estimate of drug-likeness (QED) is 0.330. The van der Waals surface area contributed by atoms with Crippen molar-refractivity contribution >= 4 is 25.2 Å². The van der Waals surface area contributed by atoms with E-state index in [0.29, 0.717) is 40.3 Å².